The minimum atomic E-state index is -0.542. The predicted molar refractivity (Wildman–Crippen MR) is 126 cm³/mol. The van der Waals surface area contributed by atoms with Gasteiger partial charge in [0, 0.05) is 23.6 Å². The number of nitrogens with zero attached hydrogens (tertiary/aromatic N) is 5. The maximum atomic E-state index is 12.6. The lowest BCUT2D eigenvalue weighted by Crippen LogP contribution is -2.14. The van der Waals surface area contributed by atoms with E-state index in [9.17, 15) is 20.2 Å². The fourth-order valence-electron chi connectivity index (χ4n) is 3.44. The Bertz CT molecular complexity index is 1500. The molecule has 0 bridgehead atoms. The number of anilines is 1. The molecule has 0 saturated heterocycles. The Hall–Kier alpha value is -5.04. The number of amides is 1. The number of non-ortho nitro benzene ring substituents is 1. The van der Waals surface area contributed by atoms with E-state index in [-0.39, 0.29) is 17.1 Å². The number of aromatic nitrogens is 3. The summed E-state index contributed by atoms with van der Waals surface area (Å²) in [5.41, 5.74) is 2.09. The molecule has 0 radical (unpaired) electrons. The summed E-state index contributed by atoms with van der Waals surface area (Å²) >= 11 is 0. The van der Waals surface area contributed by atoms with Crippen molar-refractivity contribution in [3.05, 3.63) is 87.6 Å². The number of nitro benzene ring substituents is 1. The Morgan fingerprint density at radius 1 is 1.26 bits per heavy atom. The van der Waals surface area contributed by atoms with Crippen LogP contribution in [0.2, 0.25) is 0 Å². The molecule has 0 aliphatic carbocycles. The Labute approximate surface area is 193 Å². The van der Waals surface area contributed by atoms with Gasteiger partial charge in [0.1, 0.15) is 22.9 Å². The molecule has 0 fully saturated rings. The topological polar surface area (TPSA) is 136 Å². The van der Waals surface area contributed by atoms with Crippen molar-refractivity contribution in [1.29, 1.82) is 5.26 Å². The van der Waals surface area contributed by atoms with Gasteiger partial charge in [0.2, 0.25) is 5.91 Å². The predicted octanol–water partition coefficient (Wildman–Crippen LogP) is 4.17. The molecule has 4 aromatic rings. The van der Waals surface area contributed by atoms with Gasteiger partial charge in [0.05, 0.1) is 18.2 Å². The number of nitrogens with one attached hydrogen (secondary N) is 1. The van der Waals surface area contributed by atoms with Crippen molar-refractivity contribution in [3.8, 4) is 17.6 Å². The summed E-state index contributed by atoms with van der Waals surface area (Å²) < 4.78 is 6.80. The van der Waals surface area contributed by atoms with Crippen molar-refractivity contribution in [2.24, 2.45) is 0 Å². The van der Waals surface area contributed by atoms with Gasteiger partial charge in [-0.25, -0.2) is 4.98 Å². The van der Waals surface area contributed by atoms with Crippen molar-refractivity contribution in [2.75, 3.05) is 12.4 Å². The van der Waals surface area contributed by atoms with E-state index >= 15 is 0 Å². The van der Waals surface area contributed by atoms with Crippen LogP contribution in [0.5, 0.6) is 5.75 Å². The number of carbonyl (C=O) groups is 1. The summed E-state index contributed by atoms with van der Waals surface area (Å²) in [5.74, 6) is 0.590. The first-order valence-corrected chi connectivity index (χ1v) is 10.1. The highest BCUT2D eigenvalue weighted by Gasteiger charge is 2.17. The Kier molecular flexibility index (Phi) is 6.01. The highest BCUT2D eigenvalue weighted by molar-refractivity contribution is 6.02. The first-order valence-electron chi connectivity index (χ1n) is 10.1. The zero-order chi connectivity index (χ0) is 24.2. The fraction of sp³-hybridized carbons (Fsp3) is 0.0833. The zero-order valence-electron chi connectivity index (χ0n) is 18.2. The fourth-order valence-corrected chi connectivity index (χ4v) is 3.44. The standard InChI is InChI=1S/C24H18N6O4/c1-15-11-21(27-23-19(15)7-4-8-20(23)34-2)29-24(17(13-25)14-26-29)28-22(31)10-9-16-5-3-6-18(12-16)30(32)33/h3-12,14H,1-2H3,(H,28,31)/b10-9+. The molecule has 4 rings (SSSR count). The van der Waals surface area contributed by atoms with Gasteiger partial charge in [-0.15, -0.1) is 0 Å². The van der Waals surface area contributed by atoms with Crippen LogP contribution in [0.4, 0.5) is 11.5 Å². The van der Waals surface area contributed by atoms with Crippen LogP contribution in [-0.2, 0) is 4.79 Å². The van der Waals surface area contributed by atoms with E-state index < -0.39 is 10.8 Å². The minimum absolute atomic E-state index is 0.0828. The first-order chi connectivity index (χ1) is 16.4. The average molecular weight is 454 g/mol. The van der Waals surface area contributed by atoms with E-state index in [1.165, 1.54) is 41.2 Å². The molecule has 0 atom stereocenters. The third kappa shape index (κ3) is 4.31. The summed E-state index contributed by atoms with van der Waals surface area (Å²) in [6.07, 6.45) is 4.00. The lowest BCUT2D eigenvalue weighted by Gasteiger charge is -2.12. The molecule has 2 aromatic carbocycles. The second-order valence-corrected chi connectivity index (χ2v) is 7.26. The van der Waals surface area contributed by atoms with Crippen molar-refractivity contribution in [2.45, 2.75) is 6.92 Å². The molecule has 2 heterocycles. The van der Waals surface area contributed by atoms with Crippen molar-refractivity contribution >= 4 is 34.4 Å². The monoisotopic (exact) mass is 454 g/mol. The molecule has 168 valence electrons. The molecular formula is C24H18N6O4. The number of nitriles is 1. The molecule has 10 heteroatoms. The maximum absolute atomic E-state index is 12.6. The molecule has 0 aliphatic heterocycles. The van der Waals surface area contributed by atoms with Gasteiger partial charge in [-0.2, -0.15) is 15.0 Å². The van der Waals surface area contributed by atoms with Crippen molar-refractivity contribution in [3.63, 3.8) is 0 Å². The number of pyridine rings is 1. The number of para-hydroxylation sites is 1. The molecule has 0 aliphatic rings. The summed E-state index contributed by atoms with van der Waals surface area (Å²) in [6, 6.07) is 15.3. The summed E-state index contributed by atoms with van der Waals surface area (Å²) in [6.45, 7) is 1.92. The van der Waals surface area contributed by atoms with Crippen LogP contribution in [0.3, 0.4) is 0 Å². The number of methoxy groups -OCH3 is 1. The third-order valence-corrected chi connectivity index (χ3v) is 5.07. The number of aryl methyl sites for hydroxylation is 1. The molecular weight excluding hydrogens is 436 g/mol. The number of rotatable bonds is 6. The zero-order valence-corrected chi connectivity index (χ0v) is 18.2. The number of hydrogen-bond acceptors (Lipinski definition) is 7. The van der Waals surface area contributed by atoms with Gasteiger partial charge in [-0.05, 0) is 36.3 Å². The van der Waals surface area contributed by atoms with Crippen LogP contribution in [-0.4, -0.2) is 32.7 Å². The van der Waals surface area contributed by atoms with E-state index in [0.29, 0.717) is 22.6 Å². The van der Waals surface area contributed by atoms with Crippen LogP contribution in [0.25, 0.3) is 22.8 Å². The van der Waals surface area contributed by atoms with Gasteiger partial charge in [-0.1, -0.05) is 24.3 Å². The number of ether oxygens (including phenoxy) is 1. The molecule has 0 unspecified atom stereocenters. The molecule has 1 N–H and O–H groups in total. The molecule has 0 spiro atoms. The SMILES string of the molecule is COc1cccc2c(C)cc(-n3ncc(C#N)c3NC(=O)/C=C/c3cccc([N+](=O)[O-])c3)nc12. The smallest absolute Gasteiger partial charge is 0.270 e. The summed E-state index contributed by atoms with van der Waals surface area (Å²) in [7, 11) is 1.56. The largest absolute Gasteiger partial charge is 0.494 e. The number of carbonyl (C=O) groups excluding carboxylic acids is 1. The van der Waals surface area contributed by atoms with Crippen molar-refractivity contribution in [1.82, 2.24) is 14.8 Å². The highest BCUT2D eigenvalue weighted by Crippen LogP contribution is 2.29. The molecule has 10 nitrogen and oxygen atoms in total. The maximum Gasteiger partial charge on any atom is 0.270 e. The van der Waals surface area contributed by atoms with Crippen LogP contribution < -0.4 is 10.1 Å². The van der Waals surface area contributed by atoms with Crippen LogP contribution in [0.15, 0.2) is 60.8 Å². The van der Waals surface area contributed by atoms with Crippen LogP contribution >= 0.6 is 0 Å². The van der Waals surface area contributed by atoms with Gasteiger partial charge in [-0.3, -0.25) is 14.9 Å². The normalized spacial score (nSPS) is 10.9. The highest BCUT2D eigenvalue weighted by atomic mass is 16.6. The van der Waals surface area contributed by atoms with E-state index in [0.717, 1.165) is 10.9 Å². The number of hydrogen-bond donors (Lipinski definition) is 1. The van der Waals surface area contributed by atoms with Gasteiger partial charge < -0.3 is 10.1 Å². The third-order valence-electron chi connectivity index (χ3n) is 5.07. The minimum Gasteiger partial charge on any atom is -0.494 e. The molecule has 34 heavy (non-hydrogen) atoms. The van der Waals surface area contributed by atoms with Gasteiger partial charge in [0.25, 0.3) is 5.69 Å². The number of nitro groups is 1. The van der Waals surface area contributed by atoms with E-state index in [1.54, 1.807) is 25.3 Å². The van der Waals surface area contributed by atoms with Crippen molar-refractivity contribution < 1.29 is 14.5 Å². The number of benzene rings is 2. The lowest BCUT2D eigenvalue weighted by molar-refractivity contribution is -0.384. The van der Waals surface area contributed by atoms with Gasteiger partial charge in [0.15, 0.2) is 11.6 Å². The molecule has 0 saturated carbocycles. The lowest BCUT2D eigenvalue weighted by atomic mass is 10.1. The number of fused-ring (bicyclic) bond motifs is 1. The van der Waals surface area contributed by atoms with E-state index in [1.807, 2.05) is 25.1 Å². The first kappa shape index (κ1) is 22.2. The summed E-state index contributed by atoms with van der Waals surface area (Å²) in [5, 5.41) is 28.3. The van der Waals surface area contributed by atoms with E-state index in [2.05, 4.69) is 15.4 Å². The van der Waals surface area contributed by atoms with E-state index in [4.69, 9.17) is 4.74 Å². The summed E-state index contributed by atoms with van der Waals surface area (Å²) in [4.78, 5) is 27.7. The Morgan fingerprint density at radius 3 is 2.79 bits per heavy atom. The molecule has 2 aromatic heterocycles. The molecule has 1 amide bonds. The van der Waals surface area contributed by atoms with Crippen LogP contribution in [0.1, 0.15) is 16.7 Å². The van der Waals surface area contributed by atoms with Gasteiger partial charge >= 0.3 is 0 Å². The van der Waals surface area contributed by atoms with Crippen LogP contribution in [0, 0.1) is 28.4 Å². The quantitative estimate of drug-likeness (QED) is 0.262. The Morgan fingerprint density at radius 2 is 2.06 bits per heavy atom. The second-order valence-electron chi connectivity index (χ2n) is 7.26. The average Bonchev–Trinajstić information content (AvgIpc) is 3.24. The Balaban J connectivity index is 1.68. The second kappa shape index (κ2) is 9.22.